The first-order valence-corrected chi connectivity index (χ1v) is 8.32. The Morgan fingerprint density at radius 3 is 2.42 bits per heavy atom. The first-order chi connectivity index (χ1) is 11.6. The van der Waals surface area contributed by atoms with Crippen LogP contribution >= 0.6 is 0 Å². The van der Waals surface area contributed by atoms with Crippen molar-refractivity contribution < 1.29 is 9.53 Å². The number of piperazine rings is 1. The number of likely N-dealkylation sites (N-methyl/N-ethyl adjacent to an activating group) is 1. The molecule has 0 saturated carbocycles. The number of aryl methyl sites for hydroxylation is 1. The van der Waals surface area contributed by atoms with Gasteiger partial charge in [-0.2, -0.15) is 5.10 Å². The second kappa shape index (κ2) is 7.05. The fourth-order valence-corrected chi connectivity index (χ4v) is 3.03. The molecule has 3 rings (SSSR count). The molecule has 0 radical (unpaired) electrons. The molecule has 1 aromatic carbocycles. The lowest BCUT2D eigenvalue weighted by molar-refractivity contribution is 0.0637. The van der Waals surface area contributed by atoms with Gasteiger partial charge in [0.25, 0.3) is 5.91 Å². The molecule has 0 atom stereocenters. The van der Waals surface area contributed by atoms with Crippen LogP contribution in [0.4, 0.5) is 0 Å². The minimum Gasteiger partial charge on any atom is -0.497 e. The minimum absolute atomic E-state index is 0.0149. The maximum atomic E-state index is 12.7. The summed E-state index contributed by atoms with van der Waals surface area (Å²) in [6.45, 7) is 6.58. The number of rotatable bonds is 4. The van der Waals surface area contributed by atoms with Crippen LogP contribution in [0, 0.1) is 0 Å². The maximum absolute atomic E-state index is 12.7. The van der Waals surface area contributed by atoms with Gasteiger partial charge in [0.1, 0.15) is 5.75 Å². The monoisotopic (exact) mass is 328 g/mol. The van der Waals surface area contributed by atoms with E-state index in [1.807, 2.05) is 42.3 Å². The van der Waals surface area contributed by atoms with E-state index in [1.165, 1.54) is 0 Å². The van der Waals surface area contributed by atoms with Crippen molar-refractivity contribution >= 4 is 5.91 Å². The lowest BCUT2D eigenvalue weighted by Crippen LogP contribution is -2.48. The highest BCUT2D eigenvalue weighted by Gasteiger charge is 2.24. The number of hydrogen-bond acceptors (Lipinski definition) is 4. The second-order valence-corrected chi connectivity index (χ2v) is 5.99. The molecule has 1 aliphatic heterocycles. The molecule has 1 aliphatic rings. The zero-order chi connectivity index (χ0) is 17.1. The summed E-state index contributed by atoms with van der Waals surface area (Å²) in [4.78, 5) is 17.0. The van der Waals surface area contributed by atoms with Crippen LogP contribution in [0.2, 0.25) is 0 Å². The van der Waals surface area contributed by atoms with Gasteiger partial charge in [0, 0.05) is 38.8 Å². The summed E-state index contributed by atoms with van der Waals surface area (Å²) in [5.41, 5.74) is 2.45. The van der Waals surface area contributed by atoms with Gasteiger partial charge in [-0.15, -0.1) is 0 Å². The molecule has 24 heavy (non-hydrogen) atoms. The van der Waals surface area contributed by atoms with Crippen LogP contribution in [0.15, 0.2) is 30.3 Å². The van der Waals surface area contributed by atoms with Crippen LogP contribution in [0.25, 0.3) is 11.3 Å². The van der Waals surface area contributed by atoms with E-state index in [2.05, 4.69) is 16.9 Å². The van der Waals surface area contributed by atoms with E-state index in [0.29, 0.717) is 5.69 Å². The van der Waals surface area contributed by atoms with Gasteiger partial charge < -0.3 is 14.5 Å². The third kappa shape index (κ3) is 3.28. The number of nitrogens with zero attached hydrogens (tertiary/aromatic N) is 4. The van der Waals surface area contributed by atoms with E-state index in [-0.39, 0.29) is 5.91 Å². The highest BCUT2D eigenvalue weighted by molar-refractivity contribution is 5.93. The van der Waals surface area contributed by atoms with E-state index >= 15 is 0 Å². The molecule has 0 bridgehead atoms. The van der Waals surface area contributed by atoms with Crippen LogP contribution in [0.1, 0.15) is 17.4 Å². The standard InChI is InChI=1S/C18H24N4O2/c1-4-21-9-11-22(12-10-21)18(23)16-13-17(20(2)19-16)14-5-7-15(24-3)8-6-14/h5-8,13H,4,9-12H2,1-3H3. The molecule has 6 nitrogen and oxygen atoms in total. The molecule has 2 heterocycles. The fourth-order valence-electron chi connectivity index (χ4n) is 3.03. The van der Waals surface area contributed by atoms with E-state index in [0.717, 1.165) is 49.7 Å². The Kier molecular flexibility index (Phi) is 4.85. The summed E-state index contributed by atoms with van der Waals surface area (Å²) in [6.07, 6.45) is 0. The van der Waals surface area contributed by atoms with Gasteiger partial charge in [0.15, 0.2) is 5.69 Å². The molecule has 1 fully saturated rings. The van der Waals surface area contributed by atoms with Crippen molar-refractivity contribution in [3.8, 4) is 17.0 Å². The number of carbonyl (C=O) groups excluding carboxylic acids is 1. The average molecular weight is 328 g/mol. The van der Waals surface area contributed by atoms with Gasteiger partial charge >= 0.3 is 0 Å². The number of amides is 1. The Balaban J connectivity index is 1.77. The average Bonchev–Trinajstić information content (AvgIpc) is 3.03. The largest absolute Gasteiger partial charge is 0.497 e. The van der Waals surface area contributed by atoms with Crippen LogP contribution < -0.4 is 4.74 Å². The summed E-state index contributed by atoms with van der Waals surface area (Å²) >= 11 is 0. The Morgan fingerprint density at radius 2 is 1.83 bits per heavy atom. The van der Waals surface area contributed by atoms with Gasteiger partial charge in [-0.1, -0.05) is 6.92 Å². The molecule has 0 unspecified atom stereocenters. The maximum Gasteiger partial charge on any atom is 0.274 e. The van der Waals surface area contributed by atoms with Crippen LogP contribution in [0.3, 0.4) is 0 Å². The Labute approximate surface area is 142 Å². The smallest absolute Gasteiger partial charge is 0.274 e. The summed E-state index contributed by atoms with van der Waals surface area (Å²) in [5, 5.41) is 4.42. The number of methoxy groups -OCH3 is 1. The molecule has 6 heteroatoms. The van der Waals surface area contributed by atoms with E-state index in [1.54, 1.807) is 11.8 Å². The quantitative estimate of drug-likeness (QED) is 0.860. The molecular weight excluding hydrogens is 304 g/mol. The zero-order valence-electron chi connectivity index (χ0n) is 14.5. The molecule has 2 aromatic rings. The van der Waals surface area contributed by atoms with E-state index in [9.17, 15) is 4.79 Å². The summed E-state index contributed by atoms with van der Waals surface area (Å²) in [7, 11) is 3.51. The molecule has 0 N–H and O–H groups in total. The third-order valence-electron chi connectivity index (χ3n) is 4.59. The van der Waals surface area contributed by atoms with E-state index in [4.69, 9.17) is 4.74 Å². The number of hydrogen-bond donors (Lipinski definition) is 0. The number of benzene rings is 1. The Morgan fingerprint density at radius 1 is 1.17 bits per heavy atom. The van der Waals surface area contributed by atoms with Crippen molar-refractivity contribution in [1.82, 2.24) is 19.6 Å². The predicted octanol–water partition coefficient (Wildman–Crippen LogP) is 1.87. The van der Waals surface area contributed by atoms with Gasteiger partial charge in [-0.3, -0.25) is 9.48 Å². The molecule has 1 aromatic heterocycles. The lowest BCUT2D eigenvalue weighted by atomic mass is 10.1. The summed E-state index contributed by atoms with van der Waals surface area (Å²) in [5.74, 6) is 0.826. The van der Waals surface area contributed by atoms with Gasteiger partial charge in [0.2, 0.25) is 0 Å². The Bertz CT molecular complexity index is 700. The van der Waals surface area contributed by atoms with Crippen LogP contribution in [-0.4, -0.2) is 65.3 Å². The molecule has 0 spiro atoms. The van der Waals surface area contributed by atoms with Crippen molar-refractivity contribution in [2.24, 2.45) is 7.05 Å². The number of carbonyl (C=O) groups is 1. The van der Waals surface area contributed by atoms with Crippen molar-refractivity contribution in [1.29, 1.82) is 0 Å². The van der Waals surface area contributed by atoms with Crippen molar-refractivity contribution in [2.45, 2.75) is 6.92 Å². The van der Waals surface area contributed by atoms with Crippen molar-refractivity contribution in [3.05, 3.63) is 36.0 Å². The first kappa shape index (κ1) is 16.5. The third-order valence-corrected chi connectivity index (χ3v) is 4.59. The zero-order valence-corrected chi connectivity index (χ0v) is 14.5. The second-order valence-electron chi connectivity index (χ2n) is 5.99. The van der Waals surface area contributed by atoms with Crippen molar-refractivity contribution in [3.63, 3.8) is 0 Å². The van der Waals surface area contributed by atoms with Gasteiger partial charge in [-0.25, -0.2) is 0 Å². The molecule has 1 saturated heterocycles. The molecular formula is C18H24N4O2. The van der Waals surface area contributed by atoms with E-state index < -0.39 is 0 Å². The summed E-state index contributed by atoms with van der Waals surface area (Å²) in [6, 6.07) is 9.65. The van der Waals surface area contributed by atoms with Crippen LogP contribution in [0.5, 0.6) is 5.75 Å². The molecule has 0 aliphatic carbocycles. The number of aromatic nitrogens is 2. The fraction of sp³-hybridized carbons (Fsp3) is 0.444. The predicted molar refractivity (Wildman–Crippen MR) is 93.2 cm³/mol. The lowest BCUT2D eigenvalue weighted by Gasteiger charge is -2.33. The highest BCUT2D eigenvalue weighted by Crippen LogP contribution is 2.23. The topological polar surface area (TPSA) is 50.6 Å². The van der Waals surface area contributed by atoms with Gasteiger partial charge in [-0.05, 0) is 36.9 Å². The van der Waals surface area contributed by atoms with Gasteiger partial charge in [0.05, 0.1) is 12.8 Å². The first-order valence-electron chi connectivity index (χ1n) is 8.32. The highest BCUT2D eigenvalue weighted by atomic mass is 16.5. The Hall–Kier alpha value is -2.34. The normalized spacial score (nSPS) is 15.5. The summed E-state index contributed by atoms with van der Waals surface area (Å²) < 4.78 is 6.95. The van der Waals surface area contributed by atoms with Crippen molar-refractivity contribution in [2.75, 3.05) is 39.8 Å². The molecule has 1 amide bonds. The minimum atomic E-state index is 0.0149. The molecule has 128 valence electrons. The van der Waals surface area contributed by atoms with Crippen LogP contribution in [-0.2, 0) is 7.05 Å². The number of ether oxygens (including phenoxy) is 1. The SMILES string of the molecule is CCN1CCN(C(=O)c2cc(-c3ccc(OC)cc3)n(C)n2)CC1.